The number of nitrogens with one attached hydrogen (secondary N) is 3. The van der Waals surface area contributed by atoms with E-state index in [9.17, 15) is 51.9 Å². The molecule has 5 aromatic carbocycles. The Labute approximate surface area is 427 Å². The van der Waals surface area contributed by atoms with Gasteiger partial charge in [0.25, 0.3) is 40.5 Å². The summed E-state index contributed by atoms with van der Waals surface area (Å²) in [7, 11) is -19.5. The Bertz CT molecular complexity index is 3280. The van der Waals surface area contributed by atoms with E-state index in [2.05, 4.69) is 40.4 Å². The Morgan fingerprint density at radius 1 is 0.525 bits per heavy atom. The third kappa shape index (κ3) is 12.7. The molecule has 6 rings (SSSR count). The number of hydrogen-bond donors (Lipinski definition) is 7. The standard InChI is InChI=1S/C29H20ClN9O12S4.4Na/c30-27-33-28(31)35-29(34-27)32-22-10-9-20(17-2-1-3-25(26(17)22)55(49,50)51)37-38-21-8-7-19(16-6-4-14(12-18(16)21)52(40,41)42)36-39-23-13-15(53(43,44)45)5-11-24(23)54(46,47)48;;;;/h1-13H,(H,40,41,42)(H,43,44,45)(H,46,47,48)(H,49,50,51)(H3,31,32,33,34,35);;;;. The Kier molecular flexibility index (Phi) is 18.8. The van der Waals surface area contributed by atoms with Gasteiger partial charge in [0.15, 0.2) is 0 Å². The van der Waals surface area contributed by atoms with E-state index in [1.807, 2.05) is 0 Å². The molecule has 1 aromatic heterocycles. The molecule has 0 atom stereocenters. The molecule has 0 fully saturated rings. The SMILES string of the molecule is N=c1nc(Cl)[nH]c(=Nc2ccc(N=Nc3ccc(N=Nc4cc(S(=O)(=O)O)ccc4S(=O)(=O)O)c4ccc(S(=O)(=O)O)cc34)c3cccc(S(=O)(=O)O)c23)[nH]1.[Na].[Na].[Na].[Na]. The summed E-state index contributed by atoms with van der Waals surface area (Å²) < 4.78 is 135. The van der Waals surface area contributed by atoms with E-state index in [-0.39, 0.29) is 179 Å². The summed E-state index contributed by atoms with van der Waals surface area (Å²) in [6.45, 7) is 0. The first-order valence-corrected chi connectivity index (χ1v) is 20.7. The van der Waals surface area contributed by atoms with E-state index < -0.39 is 65.7 Å². The number of benzene rings is 5. The summed E-state index contributed by atoms with van der Waals surface area (Å²) in [6, 6.07) is 14.3. The molecule has 59 heavy (non-hydrogen) atoms. The molecule has 4 radical (unpaired) electrons. The van der Waals surface area contributed by atoms with Crippen LogP contribution in [0.15, 0.2) is 124 Å². The number of H-pyrrole nitrogens is 2. The van der Waals surface area contributed by atoms with Crippen LogP contribution in [0.5, 0.6) is 0 Å². The van der Waals surface area contributed by atoms with E-state index in [0.29, 0.717) is 18.2 Å². The van der Waals surface area contributed by atoms with Gasteiger partial charge in [-0.15, -0.1) is 20.5 Å². The molecule has 1 heterocycles. The number of azo groups is 2. The van der Waals surface area contributed by atoms with Gasteiger partial charge in [0.1, 0.15) is 15.5 Å². The summed E-state index contributed by atoms with van der Waals surface area (Å²) in [5.74, 6) is 0. The molecule has 0 saturated heterocycles. The average Bonchev–Trinajstić information content (AvgIpc) is 3.08. The number of halogens is 1. The van der Waals surface area contributed by atoms with Crippen LogP contribution in [0.25, 0.3) is 21.5 Å². The first-order chi connectivity index (χ1) is 25.6. The van der Waals surface area contributed by atoms with Gasteiger partial charge in [-0.1, -0.05) is 18.2 Å². The van der Waals surface area contributed by atoms with Gasteiger partial charge in [-0.2, -0.15) is 38.7 Å². The summed E-state index contributed by atoms with van der Waals surface area (Å²) in [4.78, 5) is 10.2. The molecule has 21 nitrogen and oxygen atoms in total. The summed E-state index contributed by atoms with van der Waals surface area (Å²) in [5, 5.41) is 23.7. The monoisotopic (exact) mass is 941 g/mol. The molecule has 30 heteroatoms. The molecule has 0 bridgehead atoms. The van der Waals surface area contributed by atoms with E-state index in [1.54, 1.807) is 0 Å². The second-order valence-corrected chi connectivity index (χ2v) is 17.0. The Balaban J connectivity index is 0.00000300. The maximum Gasteiger partial charge on any atom is 0.296 e. The van der Waals surface area contributed by atoms with Crippen LogP contribution in [0.1, 0.15) is 0 Å². The molecule has 6 aromatic rings. The zero-order valence-electron chi connectivity index (χ0n) is 30.8. The van der Waals surface area contributed by atoms with E-state index in [1.165, 1.54) is 42.5 Å². The van der Waals surface area contributed by atoms with Gasteiger partial charge in [0.05, 0.1) is 32.5 Å². The normalized spacial score (nSPS) is 12.5. The Hall–Kier alpha value is -1.64. The Morgan fingerprint density at radius 3 is 1.56 bits per heavy atom. The second-order valence-electron chi connectivity index (χ2n) is 11.0. The van der Waals surface area contributed by atoms with Crippen LogP contribution in [0.3, 0.4) is 0 Å². The van der Waals surface area contributed by atoms with Crippen molar-refractivity contribution in [2.24, 2.45) is 25.4 Å². The van der Waals surface area contributed by atoms with Crippen molar-refractivity contribution in [3.8, 4) is 0 Å². The van der Waals surface area contributed by atoms with E-state index in [4.69, 9.17) is 17.0 Å². The largest absolute Gasteiger partial charge is 0.300 e. The van der Waals surface area contributed by atoms with Crippen molar-refractivity contribution in [2.45, 2.75) is 19.6 Å². The first-order valence-electron chi connectivity index (χ1n) is 14.5. The zero-order chi connectivity index (χ0) is 40.1. The van der Waals surface area contributed by atoms with Gasteiger partial charge in [-0.05, 0) is 72.3 Å². The molecule has 0 aliphatic carbocycles. The molecule has 0 amide bonds. The van der Waals surface area contributed by atoms with Crippen LogP contribution in [0.4, 0.5) is 28.4 Å². The second kappa shape index (κ2) is 20.7. The molecule has 0 aliphatic rings. The number of aromatic amines is 2. The fraction of sp³-hybridized carbons (Fsp3) is 0. The van der Waals surface area contributed by atoms with Crippen molar-refractivity contribution < 1.29 is 51.9 Å². The molecule has 7 N–H and O–H groups in total. The van der Waals surface area contributed by atoms with Crippen molar-refractivity contribution in [1.29, 1.82) is 5.41 Å². The zero-order valence-corrected chi connectivity index (χ0v) is 42.8. The van der Waals surface area contributed by atoms with Crippen molar-refractivity contribution in [1.82, 2.24) is 15.0 Å². The van der Waals surface area contributed by atoms with Crippen molar-refractivity contribution >= 4 is 220 Å². The molecule has 288 valence electrons. The van der Waals surface area contributed by atoms with Gasteiger partial charge < -0.3 is 4.98 Å². The predicted octanol–water partition coefficient (Wildman–Crippen LogP) is 3.70. The quantitative estimate of drug-likeness (QED) is 0.0618. The van der Waals surface area contributed by atoms with Gasteiger partial charge in [0, 0.05) is 140 Å². The van der Waals surface area contributed by atoms with Crippen LogP contribution in [-0.4, -0.2) is 185 Å². The average molecular weight is 942 g/mol. The van der Waals surface area contributed by atoms with Crippen LogP contribution >= 0.6 is 11.6 Å². The third-order valence-electron chi connectivity index (χ3n) is 7.41. The number of fused-ring (bicyclic) bond motifs is 2. The maximum absolute atomic E-state index is 12.4. The molecule has 0 spiro atoms. The molecular weight excluding hydrogens is 922 g/mol. The minimum Gasteiger partial charge on any atom is -0.300 e. The predicted molar refractivity (Wildman–Crippen MR) is 214 cm³/mol. The van der Waals surface area contributed by atoms with Gasteiger partial charge in [-0.25, -0.2) is 4.99 Å². The molecular formula is C29H20ClN9Na4O12S4. The number of hydrogen-bond acceptors (Lipinski definition) is 15. The topological polar surface area (TPSA) is 348 Å². The number of aromatic nitrogens is 3. The van der Waals surface area contributed by atoms with Gasteiger partial charge >= 0.3 is 0 Å². The third-order valence-corrected chi connectivity index (χ3v) is 11.1. The van der Waals surface area contributed by atoms with Crippen LogP contribution in [0.2, 0.25) is 5.28 Å². The molecule has 0 aliphatic heterocycles. The Morgan fingerprint density at radius 2 is 1.02 bits per heavy atom. The summed E-state index contributed by atoms with van der Waals surface area (Å²) in [5.41, 5.74) is -1.35. The van der Waals surface area contributed by atoms with Crippen LogP contribution < -0.4 is 11.2 Å². The van der Waals surface area contributed by atoms with Crippen molar-refractivity contribution in [3.05, 3.63) is 95.4 Å². The van der Waals surface area contributed by atoms with Crippen LogP contribution in [-0.2, 0) is 40.5 Å². The molecule has 0 unspecified atom stereocenters. The van der Waals surface area contributed by atoms with Crippen LogP contribution in [0, 0.1) is 5.41 Å². The summed E-state index contributed by atoms with van der Waals surface area (Å²) in [6.07, 6.45) is 0. The fourth-order valence-corrected chi connectivity index (χ4v) is 7.62. The van der Waals surface area contributed by atoms with Gasteiger partial charge in [-0.3, -0.25) is 28.6 Å². The number of nitrogens with zero attached hydrogens (tertiary/aromatic N) is 6. The van der Waals surface area contributed by atoms with Gasteiger partial charge in [0.2, 0.25) is 16.5 Å². The number of rotatable bonds is 9. The fourth-order valence-electron chi connectivity index (χ4n) is 5.11. The van der Waals surface area contributed by atoms with E-state index >= 15 is 0 Å². The minimum absolute atomic E-state index is 0. The smallest absolute Gasteiger partial charge is 0.296 e. The van der Waals surface area contributed by atoms with Crippen molar-refractivity contribution in [2.75, 3.05) is 0 Å². The molecule has 0 saturated carbocycles. The minimum atomic E-state index is -4.98. The van der Waals surface area contributed by atoms with Crippen molar-refractivity contribution in [3.63, 3.8) is 0 Å². The first kappa shape index (κ1) is 53.5. The maximum atomic E-state index is 12.4. The summed E-state index contributed by atoms with van der Waals surface area (Å²) >= 11 is 5.89. The van der Waals surface area contributed by atoms with E-state index in [0.717, 1.165) is 18.2 Å².